The molecule has 0 unspecified atom stereocenters. The van der Waals surface area contributed by atoms with E-state index in [1.807, 2.05) is 26.0 Å². The minimum atomic E-state index is -0.416. The lowest BCUT2D eigenvalue weighted by Crippen LogP contribution is -2.19. The maximum absolute atomic E-state index is 13.8. The molecule has 0 aliphatic heterocycles. The van der Waals surface area contributed by atoms with Crippen LogP contribution in [-0.4, -0.2) is 17.5 Å². The molecule has 7 heteroatoms. The third-order valence-corrected chi connectivity index (χ3v) is 5.04. The SMILES string of the molecule is CC#CC(=O)Nc1ccc(Nc2c(C)cc(F)cc2C)c(-c2cc(NC)c(=O)n(C)c2)c1. The van der Waals surface area contributed by atoms with Crippen LogP contribution < -0.4 is 21.5 Å². The Hall–Kier alpha value is -4.05. The van der Waals surface area contributed by atoms with Gasteiger partial charge in [0.25, 0.3) is 11.5 Å². The second-order valence-electron chi connectivity index (χ2n) is 7.44. The molecule has 0 spiro atoms. The van der Waals surface area contributed by atoms with Crippen molar-refractivity contribution in [2.75, 3.05) is 23.0 Å². The lowest BCUT2D eigenvalue weighted by Gasteiger charge is -2.18. The van der Waals surface area contributed by atoms with Crippen LogP contribution in [0, 0.1) is 31.5 Å². The van der Waals surface area contributed by atoms with Crippen LogP contribution in [0.2, 0.25) is 0 Å². The van der Waals surface area contributed by atoms with Crippen molar-refractivity contribution in [2.45, 2.75) is 20.8 Å². The zero-order chi connectivity index (χ0) is 23.4. The van der Waals surface area contributed by atoms with Gasteiger partial charge in [-0.05, 0) is 74.2 Å². The molecule has 0 bridgehead atoms. The summed E-state index contributed by atoms with van der Waals surface area (Å²) < 4.78 is 15.3. The molecule has 3 aromatic rings. The molecule has 0 saturated heterocycles. The van der Waals surface area contributed by atoms with Crippen LogP contribution in [0.25, 0.3) is 11.1 Å². The van der Waals surface area contributed by atoms with E-state index in [2.05, 4.69) is 27.8 Å². The minimum Gasteiger partial charge on any atom is -0.384 e. The predicted octanol–water partition coefficient (Wildman–Crippen LogP) is 4.56. The third-order valence-electron chi connectivity index (χ3n) is 5.04. The van der Waals surface area contributed by atoms with Gasteiger partial charge < -0.3 is 20.5 Å². The van der Waals surface area contributed by atoms with Crippen molar-refractivity contribution >= 4 is 28.7 Å². The number of nitrogens with one attached hydrogen (secondary N) is 3. The Morgan fingerprint density at radius 1 is 1.06 bits per heavy atom. The molecule has 32 heavy (non-hydrogen) atoms. The smallest absolute Gasteiger partial charge is 0.300 e. The average molecular weight is 432 g/mol. The molecule has 1 amide bonds. The summed E-state index contributed by atoms with van der Waals surface area (Å²) in [5, 5.41) is 9.07. The van der Waals surface area contributed by atoms with Gasteiger partial charge in [-0.2, -0.15) is 0 Å². The monoisotopic (exact) mass is 432 g/mol. The van der Waals surface area contributed by atoms with Gasteiger partial charge in [0.15, 0.2) is 0 Å². The second-order valence-corrected chi connectivity index (χ2v) is 7.44. The maximum Gasteiger partial charge on any atom is 0.300 e. The summed E-state index contributed by atoms with van der Waals surface area (Å²) in [6, 6.07) is 10.1. The van der Waals surface area contributed by atoms with E-state index in [9.17, 15) is 14.0 Å². The van der Waals surface area contributed by atoms with E-state index < -0.39 is 5.91 Å². The number of benzene rings is 2. The van der Waals surface area contributed by atoms with Crippen LogP contribution in [-0.2, 0) is 11.8 Å². The van der Waals surface area contributed by atoms with E-state index in [-0.39, 0.29) is 11.4 Å². The van der Waals surface area contributed by atoms with Crippen molar-refractivity contribution in [1.82, 2.24) is 4.57 Å². The first-order chi connectivity index (χ1) is 15.2. The second kappa shape index (κ2) is 9.40. The van der Waals surface area contributed by atoms with E-state index >= 15 is 0 Å². The third kappa shape index (κ3) is 4.81. The first kappa shape index (κ1) is 22.6. The van der Waals surface area contributed by atoms with Crippen LogP contribution in [0.4, 0.5) is 27.1 Å². The molecule has 164 valence electrons. The van der Waals surface area contributed by atoms with Gasteiger partial charge in [0.05, 0.1) is 0 Å². The number of nitrogens with zero attached hydrogens (tertiary/aromatic N) is 1. The Morgan fingerprint density at radius 2 is 1.75 bits per heavy atom. The van der Waals surface area contributed by atoms with Crippen molar-refractivity contribution in [3.05, 3.63) is 69.9 Å². The van der Waals surface area contributed by atoms with Crippen molar-refractivity contribution < 1.29 is 9.18 Å². The molecule has 0 aliphatic carbocycles. The summed E-state index contributed by atoms with van der Waals surface area (Å²) in [6.45, 7) is 5.26. The Balaban J connectivity index is 2.17. The normalized spacial score (nSPS) is 10.2. The predicted molar refractivity (Wildman–Crippen MR) is 128 cm³/mol. The highest BCUT2D eigenvalue weighted by atomic mass is 19.1. The van der Waals surface area contributed by atoms with Gasteiger partial charge in [-0.15, -0.1) is 0 Å². The number of hydrogen-bond donors (Lipinski definition) is 3. The number of anilines is 4. The average Bonchev–Trinajstić information content (AvgIpc) is 2.73. The Bertz CT molecular complexity index is 1290. The first-order valence-corrected chi connectivity index (χ1v) is 10.0. The number of carbonyl (C=O) groups is 1. The van der Waals surface area contributed by atoms with Crippen molar-refractivity contribution in [3.63, 3.8) is 0 Å². The van der Waals surface area contributed by atoms with Crippen LogP contribution in [0.5, 0.6) is 0 Å². The van der Waals surface area contributed by atoms with Gasteiger partial charge >= 0.3 is 0 Å². The Morgan fingerprint density at radius 3 is 2.38 bits per heavy atom. The number of rotatable bonds is 5. The van der Waals surface area contributed by atoms with E-state index in [0.29, 0.717) is 11.4 Å². The molecule has 6 nitrogen and oxygen atoms in total. The summed E-state index contributed by atoms with van der Waals surface area (Å²) in [6.07, 6.45) is 1.73. The topological polar surface area (TPSA) is 75.2 Å². The minimum absolute atomic E-state index is 0.154. The largest absolute Gasteiger partial charge is 0.384 e. The zero-order valence-electron chi connectivity index (χ0n) is 18.7. The van der Waals surface area contributed by atoms with Crippen molar-refractivity contribution in [1.29, 1.82) is 0 Å². The lowest BCUT2D eigenvalue weighted by molar-refractivity contribution is -0.111. The maximum atomic E-state index is 13.8. The molecule has 0 fully saturated rings. The van der Waals surface area contributed by atoms with Crippen molar-refractivity contribution in [2.24, 2.45) is 7.05 Å². The molecule has 3 rings (SSSR count). The number of amides is 1. The van der Waals surface area contributed by atoms with E-state index in [0.717, 1.165) is 33.6 Å². The Kier molecular flexibility index (Phi) is 6.64. The molecule has 0 saturated carbocycles. The number of hydrogen-bond acceptors (Lipinski definition) is 4. The van der Waals surface area contributed by atoms with Gasteiger partial charge in [-0.25, -0.2) is 4.39 Å². The van der Waals surface area contributed by atoms with Crippen LogP contribution in [0.15, 0.2) is 47.4 Å². The highest BCUT2D eigenvalue weighted by Gasteiger charge is 2.14. The summed E-state index contributed by atoms with van der Waals surface area (Å²) in [4.78, 5) is 24.3. The number of aromatic nitrogens is 1. The molecule has 0 atom stereocenters. The number of halogens is 1. The molecular weight excluding hydrogens is 407 g/mol. The van der Waals surface area contributed by atoms with E-state index in [4.69, 9.17) is 0 Å². The number of aryl methyl sites for hydroxylation is 3. The summed E-state index contributed by atoms with van der Waals surface area (Å²) in [7, 11) is 3.36. The quantitative estimate of drug-likeness (QED) is 0.517. The van der Waals surface area contributed by atoms with Crippen LogP contribution in [0.3, 0.4) is 0 Å². The lowest BCUT2D eigenvalue weighted by atomic mass is 10.0. The van der Waals surface area contributed by atoms with Gasteiger partial charge in [-0.1, -0.05) is 5.92 Å². The van der Waals surface area contributed by atoms with Gasteiger partial charge in [0, 0.05) is 48.5 Å². The zero-order valence-corrected chi connectivity index (χ0v) is 18.7. The van der Waals surface area contributed by atoms with Crippen LogP contribution in [0.1, 0.15) is 18.1 Å². The van der Waals surface area contributed by atoms with E-state index in [1.54, 1.807) is 39.3 Å². The molecule has 3 N–H and O–H groups in total. The van der Waals surface area contributed by atoms with Gasteiger partial charge in [-0.3, -0.25) is 9.59 Å². The highest BCUT2D eigenvalue weighted by molar-refractivity contribution is 6.04. The number of pyridine rings is 1. The molecule has 1 aromatic heterocycles. The standard InChI is InChI=1S/C25H25FN4O2/c1-6-7-23(31)28-19-8-9-21(29-24-15(2)10-18(26)11-16(24)3)20(13-19)17-12-22(27-4)25(32)30(5)14-17/h8-14,27,29H,1-5H3,(H,28,31). The van der Waals surface area contributed by atoms with Crippen LogP contribution >= 0.6 is 0 Å². The summed E-state index contributed by atoms with van der Waals surface area (Å²) in [5.74, 6) is 4.32. The highest BCUT2D eigenvalue weighted by Crippen LogP contribution is 2.35. The summed E-state index contributed by atoms with van der Waals surface area (Å²) in [5.41, 5.74) is 5.42. The molecule has 0 aliphatic rings. The van der Waals surface area contributed by atoms with E-state index in [1.165, 1.54) is 16.7 Å². The fourth-order valence-electron chi connectivity index (χ4n) is 3.53. The molecule has 2 aromatic carbocycles. The molecule has 1 heterocycles. The summed E-state index contributed by atoms with van der Waals surface area (Å²) >= 11 is 0. The number of carbonyl (C=O) groups excluding carboxylic acids is 1. The molecule has 0 radical (unpaired) electrons. The van der Waals surface area contributed by atoms with Gasteiger partial charge in [0.1, 0.15) is 11.5 Å². The van der Waals surface area contributed by atoms with Gasteiger partial charge in [0.2, 0.25) is 0 Å². The van der Waals surface area contributed by atoms with Crippen molar-refractivity contribution in [3.8, 4) is 23.0 Å². The Labute approximate surface area is 186 Å². The fraction of sp³-hybridized carbons (Fsp3) is 0.200. The first-order valence-electron chi connectivity index (χ1n) is 10.0. The fourth-order valence-corrected chi connectivity index (χ4v) is 3.53. The molecular formula is C25H25FN4O2.